The van der Waals surface area contributed by atoms with E-state index in [4.69, 9.17) is 10.2 Å². The molecule has 2 aromatic heterocycles. The third kappa shape index (κ3) is 6.45. The molecule has 0 atom stereocenters. The minimum absolute atomic E-state index is 0.237. The van der Waals surface area contributed by atoms with Crippen LogP contribution in [0.3, 0.4) is 0 Å². The molecule has 0 saturated carbocycles. The van der Waals surface area contributed by atoms with Crippen molar-refractivity contribution in [2.24, 2.45) is 0 Å². The molecule has 0 aliphatic carbocycles. The summed E-state index contributed by atoms with van der Waals surface area (Å²) in [5.41, 5.74) is 5.03. The average molecular weight is 369 g/mol. The monoisotopic (exact) mass is 368 g/mol. The summed E-state index contributed by atoms with van der Waals surface area (Å²) in [5.74, 6) is -1.44. The zero-order chi connectivity index (χ0) is 18.3. The second kappa shape index (κ2) is 9.59. The molecule has 0 unspecified atom stereocenters. The summed E-state index contributed by atoms with van der Waals surface area (Å²) in [5, 5.41) is 21.1. The quantitative estimate of drug-likeness (QED) is 0.770. The molecule has 0 bridgehead atoms. The topological polar surface area (TPSA) is 74.6 Å². The van der Waals surface area contributed by atoms with E-state index in [1.807, 2.05) is 13.8 Å². The molecule has 0 saturated heterocycles. The van der Waals surface area contributed by atoms with E-state index < -0.39 is 11.9 Å². The third-order valence-electron chi connectivity index (χ3n) is 3.91. The molecule has 24 heavy (non-hydrogen) atoms. The predicted octanol–water partition coefficient (Wildman–Crippen LogP) is 4.76. The second-order valence-electron chi connectivity index (χ2n) is 5.72. The molecule has 0 aliphatic heterocycles. The maximum atomic E-state index is 10.3. The van der Waals surface area contributed by atoms with Crippen molar-refractivity contribution < 1.29 is 19.8 Å². The lowest BCUT2D eigenvalue weighted by molar-refractivity contribution is -0.137. The Morgan fingerprint density at radius 3 is 1.33 bits per heavy atom. The summed E-state index contributed by atoms with van der Waals surface area (Å²) in [6, 6.07) is 0. The van der Waals surface area contributed by atoms with Gasteiger partial charge in [0.25, 0.3) is 0 Å². The van der Waals surface area contributed by atoms with Gasteiger partial charge in [0.1, 0.15) is 0 Å². The van der Waals surface area contributed by atoms with Crippen molar-refractivity contribution in [1.29, 1.82) is 0 Å². The third-order valence-corrected chi connectivity index (χ3v) is 6.44. The number of hydrogen-bond acceptors (Lipinski definition) is 4. The van der Waals surface area contributed by atoms with E-state index >= 15 is 0 Å². The summed E-state index contributed by atoms with van der Waals surface area (Å²) in [6.45, 7) is 8.19. The molecule has 2 heterocycles. The molecule has 0 spiro atoms. The number of carbonyl (C=O) groups is 2. The first kappa shape index (κ1) is 20.4. The highest BCUT2D eigenvalue weighted by atomic mass is 32.1. The fourth-order valence-electron chi connectivity index (χ4n) is 2.05. The lowest BCUT2D eigenvalue weighted by Gasteiger charge is -1.96. The molecule has 0 aromatic carbocycles. The largest absolute Gasteiger partial charge is 0.481 e. The average Bonchev–Trinajstić information content (AvgIpc) is 3.00. The van der Waals surface area contributed by atoms with Crippen molar-refractivity contribution in [2.75, 3.05) is 0 Å². The minimum atomic E-state index is -0.722. The number of rotatable bonds is 6. The van der Waals surface area contributed by atoms with Crippen molar-refractivity contribution in [1.82, 2.24) is 0 Å². The molecule has 2 N–H and O–H groups in total. The van der Waals surface area contributed by atoms with Gasteiger partial charge in [-0.25, -0.2) is 0 Å². The van der Waals surface area contributed by atoms with Gasteiger partial charge in [0, 0.05) is 9.75 Å². The Morgan fingerprint density at radius 2 is 1.12 bits per heavy atom. The number of aryl methyl sites for hydroxylation is 4. The van der Waals surface area contributed by atoms with Crippen LogP contribution < -0.4 is 0 Å². The Labute approximate surface area is 150 Å². The van der Waals surface area contributed by atoms with Gasteiger partial charge in [0.15, 0.2) is 0 Å². The van der Waals surface area contributed by atoms with E-state index in [1.54, 1.807) is 22.7 Å². The molecular weight excluding hydrogens is 344 g/mol. The van der Waals surface area contributed by atoms with Gasteiger partial charge < -0.3 is 10.2 Å². The van der Waals surface area contributed by atoms with Crippen LogP contribution in [0.4, 0.5) is 0 Å². The molecule has 6 heteroatoms. The molecule has 0 amide bonds. The lowest BCUT2D eigenvalue weighted by Crippen LogP contribution is -1.96. The summed E-state index contributed by atoms with van der Waals surface area (Å²) < 4.78 is 0. The number of thiophene rings is 2. The van der Waals surface area contributed by atoms with Crippen molar-refractivity contribution in [3.63, 3.8) is 0 Å². The Morgan fingerprint density at radius 1 is 0.792 bits per heavy atom. The van der Waals surface area contributed by atoms with E-state index in [2.05, 4.69) is 24.6 Å². The van der Waals surface area contributed by atoms with Crippen LogP contribution >= 0.6 is 22.7 Å². The molecule has 0 fully saturated rings. The van der Waals surface area contributed by atoms with Gasteiger partial charge in [0.2, 0.25) is 0 Å². The van der Waals surface area contributed by atoms with Gasteiger partial charge in [0.05, 0.1) is 12.8 Å². The first-order valence-electron chi connectivity index (χ1n) is 7.73. The summed E-state index contributed by atoms with van der Waals surface area (Å²) >= 11 is 3.31. The highest BCUT2D eigenvalue weighted by Gasteiger charge is 2.06. The normalized spacial score (nSPS) is 10.2. The van der Waals surface area contributed by atoms with Gasteiger partial charge >= 0.3 is 11.9 Å². The van der Waals surface area contributed by atoms with Gasteiger partial charge in [-0.2, -0.15) is 0 Å². The number of carboxylic acid groups (broad SMARTS) is 2. The van der Waals surface area contributed by atoms with Gasteiger partial charge in [-0.1, -0.05) is 0 Å². The van der Waals surface area contributed by atoms with Crippen LogP contribution in [-0.4, -0.2) is 22.2 Å². The molecule has 0 aliphatic rings. The summed E-state index contributed by atoms with van der Waals surface area (Å²) in [6.07, 6.45) is 1.81. The lowest BCUT2D eigenvalue weighted by atomic mass is 10.1. The van der Waals surface area contributed by atoms with E-state index in [-0.39, 0.29) is 12.8 Å². The molecular formula is C18H24O4S2. The van der Waals surface area contributed by atoms with Crippen LogP contribution in [0, 0.1) is 27.7 Å². The van der Waals surface area contributed by atoms with Crippen LogP contribution in [0.15, 0.2) is 10.8 Å². The first-order valence-corrected chi connectivity index (χ1v) is 9.49. The molecule has 2 aromatic rings. The Balaban J connectivity index is 0.000000240. The zero-order valence-electron chi connectivity index (χ0n) is 14.5. The van der Waals surface area contributed by atoms with Crippen molar-refractivity contribution >= 4 is 34.6 Å². The maximum Gasteiger partial charge on any atom is 0.303 e. The van der Waals surface area contributed by atoms with Crippen molar-refractivity contribution in [2.45, 2.75) is 53.4 Å². The fraction of sp³-hybridized carbons (Fsp3) is 0.444. The Kier molecular flexibility index (Phi) is 8.15. The standard InChI is InChI=1S/2C9H12O2S/c2*1-6-5-12-8(7(6)2)3-4-9(10)11/h2*5H,3-4H2,1-2H3,(H,10,11). The highest BCUT2D eigenvalue weighted by Crippen LogP contribution is 2.22. The first-order chi connectivity index (χ1) is 11.2. The van der Waals surface area contributed by atoms with Crippen molar-refractivity contribution in [3.8, 4) is 0 Å². The van der Waals surface area contributed by atoms with Crippen LogP contribution in [0.25, 0.3) is 0 Å². The maximum absolute atomic E-state index is 10.3. The second-order valence-corrected chi connectivity index (χ2v) is 7.65. The summed E-state index contributed by atoms with van der Waals surface area (Å²) in [7, 11) is 0. The Hall–Kier alpha value is -1.66. The number of carboxylic acids is 2. The fourth-order valence-corrected chi connectivity index (χ4v) is 4.15. The van der Waals surface area contributed by atoms with Gasteiger partial charge in [-0.05, 0) is 73.6 Å². The van der Waals surface area contributed by atoms with Crippen molar-refractivity contribution in [3.05, 3.63) is 42.8 Å². The van der Waals surface area contributed by atoms with Gasteiger partial charge in [-0.3, -0.25) is 9.59 Å². The molecule has 132 valence electrons. The number of aliphatic carboxylic acids is 2. The van der Waals surface area contributed by atoms with Crippen LogP contribution in [0.5, 0.6) is 0 Å². The van der Waals surface area contributed by atoms with E-state index in [9.17, 15) is 9.59 Å². The highest BCUT2D eigenvalue weighted by molar-refractivity contribution is 7.10. The molecule has 0 radical (unpaired) electrons. The molecule has 2 rings (SSSR count). The predicted molar refractivity (Wildman–Crippen MR) is 99.5 cm³/mol. The Bertz CT molecular complexity index is 638. The SMILES string of the molecule is Cc1csc(CCC(=O)O)c1C.Cc1csc(CCC(=O)O)c1C. The number of hydrogen-bond donors (Lipinski definition) is 2. The smallest absolute Gasteiger partial charge is 0.303 e. The van der Waals surface area contributed by atoms with E-state index in [0.29, 0.717) is 12.8 Å². The van der Waals surface area contributed by atoms with Crippen LogP contribution in [0.1, 0.15) is 44.8 Å². The van der Waals surface area contributed by atoms with Crippen LogP contribution in [-0.2, 0) is 22.4 Å². The van der Waals surface area contributed by atoms with Gasteiger partial charge in [-0.15, -0.1) is 22.7 Å². The molecule has 4 nitrogen and oxygen atoms in total. The summed E-state index contributed by atoms with van der Waals surface area (Å²) in [4.78, 5) is 23.0. The van der Waals surface area contributed by atoms with E-state index in [1.165, 1.54) is 32.0 Å². The minimum Gasteiger partial charge on any atom is -0.481 e. The van der Waals surface area contributed by atoms with E-state index in [0.717, 1.165) is 0 Å². The zero-order valence-corrected chi connectivity index (χ0v) is 16.1. The van der Waals surface area contributed by atoms with Crippen LogP contribution in [0.2, 0.25) is 0 Å².